The molecule has 0 aliphatic carbocycles. The third kappa shape index (κ3) is 7.12. The van der Waals surface area contributed by atoms with Crippen LogP contribution in [0.2, 0.25) is 0 Å². The summed E-state index contributed by atoms with van der Waals surface area (Å²) in [6.45, 7) is 6.94. The molecular formula is C18H35N2+. The fourth-order valence-corrected chi connectivity index (χ4v) is 2.87. The topological polar surface area (TPSA) is 8.81 Å². The molecule has 0 radical (unpaired) electrons. The van der Waals surface area contributed by atoms with Crippen LogP contribution in [0, 0.1) is 5.92 Å². The highest BCUT2D eigenvalue weighted by atomic mass is 15.1. The Bertz CT molecular complexity index is 341. The number of nitrogens with zero attached hydrogens (tertiary/aromatic N) is 2. The Labute approximate surface area is 126 Å². The molecule has 2 heteroatoms. The number of unbranched alkanes of at least 4 members (excludes halogenated alkanes) is 4. The molecule has 0 aliphatic heterocycles. The van der Waals surface area contributed by atoms with E-state index in [1.54, 1.807) is 0 Å². The van der Waals surface area contributed by atoms with Crippen molar-refractivity contribution in [3.8, 4) is 0 Å². The molecule has 1 aromatic heterocycles. The maximum absolute atomic E-state index is 2.43. The van der Waals surface area contributed by atoms with E-state index >= 15 is 0 Å². The highest BCUT2D eigenvalue weighted by molar-refractivity contribution is 4.75. The molecule has 0 bridgehead atoms. The first-order valence-corrected chi connectivity index (χ1v) is 8.66. The molecular weight excluding hydrogens is 244 g/mol. The van der Waals surface area contributed by atoms with Gasteiger partial charge in [0.05, 0.1) is 7.05 Å². The van der Waals surface area contributed by atoms with Crippen LogP contribution in [0.15, 0.2) is 18.7 Å². The van der Waals surface area contributed by atoms with Crippen LogP contribution in [0.5, 0.6) is 0 Å². The molecule has 0 fully saturated rings. The molecule has 116 valence electrons. The number of rotatable bonds is 11. The Morgan fingerprint density at radius 1 is 0.950 bits per heavy atom. The van der Waals surface area contributed by atoms with Crippen molar-refractivity contribution < 1.29 is 4.57 Å². The van der Waals surface area contributed by atoms with Crippen molar-refractivity contribution in [3.05, 3.63) is 18.7 Å². The van der Waals surface area contributed by atoms with E-state index in [-0.39, 0.29) is 0 Å². The van der Waals surface area contributed by atoms with Gasteiger partial charge in [-0.2, -0.15) is 0 Å². The van der Waals surface area contributed by atoms with Gasteiger partial charge in [-0.15, -0.1) is 0 Å². The van der Waals surface area contributed by atoms with E-state index in [0.29, 0.717) is 6.04 Å². The molecule has 0 aromatic carbocycles. The van der Waals surface area contributed by atoms with Gasteiger partial charge >= 0.3 is 0 Å². The van der Waals surface area contributed by atoms with Gasteiger partial charge < -0.3 is 0 Å². The Kier molecular flexibility index (Phi) is 8.64. The summed E-state index contributed by atoms with van der Waals surface area (Å²) in [6, 6.07) is 0.709. The average Bonchev–Trinajstić information content (AvgIpc) is 2.83. The van der Waals surface area contributed by atoms with Crippen LogP contribution in [0.1, 0.15) is 84.6 Å². The molecule has 0 amide bonds. The number of aryl methyl sites for hydroxylation is 1. The van der Waals surface area contributed by atoms with E-state index in [0.717, 1.165) is 5.92 Å². The van der Waals surface area contributed by atoms with Crippen molar-refractivity contribution in [1.29, 1.82) is 0 Å². The van der Waals surface area contributed by atoms with Crippen molar-refractivity contribution in [2.45, 2.75) is 84.6 Å². The van der Waals surface area contributed by atoms with Gasteiger partial charge in [-0.3, -0.25) is 0 Å². The fourth-order valence-electron chi connectivity index (χ4n) is 2.87. The van der Waals surface area contributed by atoms with Crippen LogP contribution in [0.3, 0.4) is 0 Å². The number of hydrogen-bond donors (Lipinski definition) is 0. The van der Waals surface area contributed by atoms with E-state index in [1.165, 1.54) is 57.8 Å². The molecule has 1 heterocycles. The summed E-state index contributed by atoms with van der Waals surface area (Å²) in [5.74, 6) is 0.849. The summed E-state index contributed by atoms with van der Waals surface area (Å²) in [6.07, 6.45) is 19.0. The SMILES string of the molecule is CCCCCCC(CCCCC(C)C)n1cc[n+](C)c1. The van der Waals surface area contributed by atoms with Crippen LogP contribution in [-0.2, 0) is 7.05 Å². The summed E-state index contributed by atoms with van der Waals surface area (Å²) in [5, 5.41) is 0. The zero-order valence-electron chi connectivity index (χ0n) is 14.1. The summed E-state index contributed by atoms with van der Waals surface area (Å²) in [4.78, 5) is 0. The van der Waals surface area contributed by atoms with Crippen LogP contribution in [0.4, 0.5) is 0 Å². The average molecular weight is 279 g/mol. The van der Waals surface area contributed by atoms with Crippen molar-refractivity contribution in [3.63, 3.8) is 0 Å². The third-order valence-electron chi connectivity index (χ3n) is 4.17. The monoisotopic (exact) mass is 279 g/mol. The molecule has 0 saturated carbocycles. The zero-order valence-corrected chi connectivity index (χ0v) is 14.1. The lowest BCUT2D eigenvalue weighted by Crippen LogP contribution is -2.24. The number of hydrogen-bond acceptors (Lipinski definition) is 0. The first kappa shape index (κ1) is 17.3. The molecule has 1 rings (SSSR count). The van der Waals surface area contributed by atoms with Crippen LogP contribution in [0.25, 0.3) is 0 Å². The lowest BCUT2D eigenvalue weighted by atomic mass is 9.99. The lowest BCUT2D eigenvalue weighted by Gasteiger charge is -2.14. The summed E-state index contributed by atoms with van der Waals surface area (Å²) >= 11 is 0. The molecule has 2 nitrogen and oxygen atoms in total. The molecule has 20 heavy (non-hydrogen) atoms. The minimum absolute atomic E-state index is 0.709. The predicted molar refractivity (Wildman–Crippen MR) is 86.7 cm³/mol. The standard InChI is InChI=1S/C18H35N2/c1-5-6-7-8-12-18(13-10-9-11-17(2)3)20-15-14-19(4)16-20/h14-18H,5-13H2,1-4H3/q+1. The van der Waals surface area contributed by atoms with Crippen molar-refractivity contribution >= 4 is 0 Å². The van der Waals surface area contributed by atoms with Gasteiger partial charge in [0.25, 0.3) is 0 Å². The van der Waals surface area contributed by atoms with Crippen molar-refractivity contribution in [2.75, 3.05) is 0 Å². The first-order valence-electron chi connectivity index (χ1n) is 8.66. The maximum Gasteiger partial charge on any atom is 0.243 e. The second kappa shape index (κ2) is 10.0. The summed E-state index contributed by atoms with van der Waals surface area (Å²) in [7, 11) is 2.11. The quantitative estimate of drug-likeness (QED) is 0.396. The lowest BCUT2D eigenvalue weighted by molar-refractivity contribution is -0.671. The van der Waals surface area contributed by atoms with Gasteiger partial charge in [0, 0.05) is 0 Å². The predicted octanol–water partition coefficient (Wildman–Crippen LogP) is 5.04. The normalized spacial score (nSPS) is 13.1. The van der Waals surface area contributed by atoms with Gasteiger partial charge in [-0.05, 0) is 31.6 Å². The second-order valence-electron chi connectivity index (χ2n) is 6.71. The van der Waals surface area contributed by atoms with Crippen molar-refractivity contribution in [1.82, 2.24) is 4.57 Å². The maximum atomic E-state index is 2.43. The highest BCUT2D eigenvalue weighted by Crippen LogP contribution is 2.23. The van der Waals surface area contributed by atoms with Gasteiger partial charge in [0.2, 0.25) is 6.33 Å². The molecule has 1 atom stereocenters. The zero-order chi connectivity index (χ0) is 14.8. The van der Waals surface area contributed by atoms with E-state index in [2.05, 4.69) is 55.7 Å². The third-order valence-corrected chi connectivity index (χ3v) is 4.17. The Hall–Kier alpha value is -0.790. The highest BCUT2D eigenvalue weighted by Gasteiger charge is 2.15. The van der Waals surface area contributed by atoms with Crippen LogP contribution >= 0.6 is 0 Å². The first-order chi connectivity index (χ1) is 9.63. The van der Waals surface area contributed by atoms with E-state index in [9.17, 15) is 0 Å². The van der Waals surface area contributed by atoms with Gasteiger partial charge in [-0.1, -0.05) is 52.9 Å². The van der Waals surface area contributed by atoms with E-state index in [1.807, 2.05) is 0 Å². The second-order valence-corrected chi connectivity index (χ2v) is 6.71. The van der Waals surface area contributed by atoms with Crippen LogP contribution < -0.4 is 4.57 Å². The molecule has 0 saturated heterocycles. The smallest absolute Gasteiger partial charge is 0.240 e. The molecule has 1 aromatic rings. The minimum Gasteiger partial charge on any atom is -0.240 e. The molecule has 0 N–H and O–H groups in total. The number of imidazole rings is 1. The fraction of sp³-hybridized carbons (Fsp3) is 0.833. The minimum atomic E-state index is 0.709. The van der Waals surface area contributed by atoms with Crippen molar-refractivity contribution in [2.24, 2.45) is 13.0 Å². The molecule has 0 spiro atoms. The summed E-state index contributed by atoms with van der Waals surface area (Å²) in [5.41, 5.74) is 0. The van der Waals surface area contributed by atoms with Gasteiger partial charge in [0.15, 0.2) is 0 Å². The Balaban J connectivity index is 2.38. The van der Waals surface area contributed by atoms with Crippen LogP contribution in [-0.4, -0.2) is 4.57 Å². The summed E-state index contributed by atoms with van der Waals surface area (Å²) < 4.78 is 4.59. The Morgan fingerprint density at radius 2 is 1.60 bits per heavy atom. The van der Waals surface area contributed by atoms with Gasteiger partial charge in [0.1, 0.15) is 18.4 Å². The largest absolute Gasteiger partial charge is 0.243 e. The molecule has 0 aliphatic rings. The van der Waals surface area contributed by atoms with E-state index in [4.69, 9.17) is 0 Å². The van der Waals surface area contributed by atoms with Gasteiger partial charge in [-0.25, -0.2) is 9.13 Å². The molecule has 1 unspecified atom stereocenters. The number of aromatic nitrogens is 2. The Morgan fingerprint density at radius 3 is 2.15 bits per heavy atom. The van der Waals surface area contributed by atoms with E-state index < -0.39 is 0 Å².